The van der Waals surface area contributed by atoms with Gasteiger partial charge in [-0.25, -0.2) is 0 Å². The van der Waals surface area contributed by atoms with Crippen LogP contribution in [0.5, 0.6) is 0 Å². The van der Waals surface area contributed by atoms with Crippen molar-refractivity contribution in [1.82, 2.24) is 0 Å². The van der Waals surface area contributed by atoms with Crippen LogP contribution < -0.4 is 0 Å². The average molecular weight is 289 g/mol. The Morgan fingerprint density at radius 2 is 1.62 bits per heavy atom. The van der Waals surface area contributed by atoms with Gasteiger partial charge in [0, 0.05) is 12.0 Å². The second-order valence-electron chi connectivity index (χ2n) is 6.20. The van der Waals surface area contributed by atoms with Crippen molar-refractivity contribution in [3.05, 3.63) is 35.4 Å². The molecule has 0 radical (unpaired) electrons. The molecule has 3 heteroatoms. The number of ether oxygens (including phenoxy) is 2. The molecule has 0 N–H and O–H groups in total. The SMILES string of the molecule is CC.CC(C)(C)CCC1(c2ccc(C#N)cc2)OCCO1. The molecule has 0 bridgehead atoms. The topological polar surface area (TPSA) is 42.2 Å². The van der Waals surface area contributed by atoms with Crippen LogP contribution in [-0.2, 0) is 15.3 Å². The fourth-order valence-corrected chi connectivity index (χ4v) is 2.25. The van der Waals surface area contributed by atoms with Gasteiger partial charge in [0.05, 0.1) is 24.8 Å². The number of rotatable bonds is 3. The normalized spacial score (nSPS) is 16.8. The van der Waals surface area contributed by atoms with Gasteiger partial charge in [0.2, 0.25) is 0 Å². The molecule has 1 saturated heterocycles. The lowest BCUT2D eigenvalue weighted by atomic mass is 9.86. The molecule has 2 rings (SSSR count). The maximum atomic E-state index is 8.86. The van der Waals surface area contributed by atoms with Gasteiger partial charge in [0.15, 0.2) is 5.79 Å². The number of nitrogens with zero attached hydrogens (tertiary/aromatic N) is 1. The fourth-order valence-electron chi connectivity index (χ4n) is 2.25. The van der Waals surface area contributed by atoms with E-state index >= 15 is 0 Å². The van der Waals surface area contributed by atoms with Crippen molar-refractivity contribution in [1.29, 1.82) is 5.26 Å². The van der Waals surface area contributed by atoms with Gasteiger partial charge in [-0.1, -0.05) is 46.8 Å². The Labute approximate surface area is 128 Å². The summed E-state index contributed by atoms with van der Waals surface area (Å²) < 4.78 is 11.8. The monoisotopic (exact) mass is 289 g/mol. The van der Waals surface area contributed by atoms with Crippen LogP contribution in [0.1, 0.15) is 58.6 Å². The van der Waals surface area contributed by atoms with Gasteiger partial charge in [-0.05, 0) is 24.0 Å². The lowest BCUT2D eigenvalue weighted by molar-refractivity contribution is -0.174. The van der Waals surface area contributed by atoms with Crippen molar-refractivity contribution in [3.63, 3.8) is 0 Å². The number of hydrogen-bond donors (Lipinski definition) is 0. The van der Waals surface area contributed by atoms with Gasteiger partial charge in [0.1, 0.15) is 0 Å². The molecule has 0 unspecified atom stereocenters. The van der Waals surface area contributed by atoms with Gasteiger partial charge >= 0.3 is 0 Å². The summed E-state index contributed by atoms with van der Waals surface area (Å²) in [5.74, 6) is -0.624. The number of nitriles is 1. The zero-order valence-corrected chi connectivity index (χ0v) is 13.9. The molecule has 0 spiro atoms. The van der Waals surface area contributed by atoms with E-state index in [1.165, 1.54) is 0 Å². The van der Waals surface area contributed by atoms with Crippen molar-refractivity contribution < 1.29 is 9.47 Å². The number of benzene rings is 1. The summed E-state index contributed by atoms with van der Waals surface area (Å²) in [5.41, 5.74) is 1.91. The second kappa shape index (κ2) is 7.59. The van der Waals surface area contributed by atoms with Crippen molar-refractivity contribution >= 4 is 0 Å². The van der Waals surface area contributed by atoms with E-state index in [9.17, 15) is 0 Å². The molecule has 0 saturated carbocycles. The summed E-state index contributed by atoms with van der Waals surface area (Å²) in [5, 5.41) is 8.86. The largest absolute Gasteiger partial charge is 0.343 e. The Bertz CT molecular complexity index is 459. The van der Waals surface area contributed by atoms with E-state index in [1.54, 1.807) is 0 Å². The summed E-state index contributed by atoms with van der Waals surface area (Å²) in [6, 6.07) is 9.64. The summed E-state index contributed by atoms with van der Waals surface area (Å²) in [6.45, 7) is 11.9. The molecule has 0 amide bonds. The van der Waals surface area contributed by atoms with Crippen molar-refractivity contribution in [2.75, 3.05) is 13.2 Å². The minimum Gasteiger partial charge on any atom is -0.343 e. The van der Waals surface area contributed by atoms with E-state index in [-0.39, 0.29) is 5.41 Å². The molecule has 21 heavy (non-hydrogen) atoms. The highest BCUT2D eigenvalue weighted by molar-refractivity contribution is 5.33. The van der Waals surface area contributed by atoms with Crippen molar-refractivity contribution in [2.45, 2.75) is 53.2 Å². The summed E-state index contributed by atoms with van der Waals surface area (Å²) in [6.07, 6.45) is 1.86. The molecular formula is C18H27NO2. The Kier molecular flexibility index (Phi) is 6.39. The minimum absolute atomic E-state index is 0.245. The molecule has 1 heterocycles. The smallest absolute Gasteiger partial charge is 0.195 e. The maximum Gasteiger partial charge on any atom is 0.195 e. The molecule has 1 aromatic carbocycles. The molecule has 1 aromatic rings. The van der Waals surface area contributed by atoms with Crippen molar-refractivity contribution in [3.8, 4) is 6.07 Å². The first kappa shape index (κ1) is 17.7. The predicted molar refractivity (Wildman–Crippen MR) is 84.8 cm³/mol. The first-order valence-corrected chi connectivity index (χ1v) is 7.74. The zero-order valence-electron chi connectivity index (χ0n) is 13.9. The maximum absolute atomic E-state index is 8.86. The standard InChI is InChI=1S/C16H21NO2.C2H6/c1-15(2,3)8-9-16(18-10-11-19-16)14-6-4-13(12-17)5-7-14;1-2/h4-7H,8-11H2,1-3H3;1-2H3. The first-order valence-electron chi connectivity index (χ1n) is 7.74. The van der Waals surface area contributed by atoms with Crippen LogP contribution in [0, 0.1) is 16.7 Å². The fraction of sp³-hybridized carbons (Fsp3) is 0.611. The van der Waals surface area contributed by atoms with Crippen LogP contribution in [0.2, 0.25) is 0 Å². The van der Waals surface area contributed by atoms with E-state index < -0.39 is 5.79 Å². The van der Waals surface area contributed by atoms with E-state index in [2.05, 4.69) is 26.8 Å². The first-order chi connectivity index (χ1) is 9.95. The summed E-state index contributed by atoms with van der Waals surface area (Å²) in [4.78, 5) is 0. The van der Waals surface area contributed by atoms with Crippen LogP contribution in [0.15, 0.2) is 24.3 Å². The minimum atomic E-state index is -0.624. The lowest BCUT2D eigenvalue weighted by Crippen LogP contribution is -2.28. The van der Waals surface area contributed by atoms with Gasteiger partial charge < -0.3 is 9.47 Å². The molecule has 0 aliphatic carbocycles. The molecule has 1 aliphatic heterocycles. The third-order valence-electron chi connectivity index (χ3n) is 3.41. The highest BCUT2D eigenvalue weighted by Crippen LogP contribution is 2.39. The summed E-state index contributed by atoms with van der Waals surface area (Å²) >= 11 is 0. The van der Waals surface area contributed by atoms with E-state index in [0.29, 0.717) is 18.8 Å². The van der Waals surface area contributed by atoms with Crippen LogP contribution in [0.25, 0.3) is 0 Å². The van der Waals surface area contributed by atoms with Gasteiger partial charge in [-0.15, -0.1) is 0 Å². The Morgan fingerprint density at radius 1 is 1.10 bits per heavy atom. The molecule has 0 aromatic heterocycles. The molecule has 0 atom stereocenters. The summed E-state index contributed by atoms with van der Waals surface area (Å²) in [7, 11) is 0. The van der Waals surface area contributed by atoms with Crippen LogP contribution in [-0.4, -0.2) is 13.2 Å². The Morgan fingerprint density at radius 3 is 2.05 bits per heavy atom. The number of hydrogen-bond acceptors (Lipinski definition) is 3. The van der Waals surface area contributed by atoms with Crippen LogP contribution in [0.4, 0.5) is 0 Å². The quantitative estimate of drug-likeness (QED) is 0.816. The van der Waals surface area contributed by atoms with E-state index in [0.717, 1.165) is 18.4 Å². The third-order valence-corrected chi connectivity index (χ3v) is 3.41. The average Bonchev–Trinajstić information content (AvgIpc) is 2.97. The molecular weight excluding hydrogens is 262 g/mol. The third kappa shape index (κ3) is 4.84. The van der Waals surface area contributed by atoms with Gasteiger partial charge in [-0.2, -0.15) is 5.26 Å². The molecule has 1 fully saturated rings. The molecule has 1 aliphatic rings. The zero-order chi connectivity index (χ0) is 15.9. The predicted octanol–water partition coefficient (Wildman–Crippen LogP) is 4.61. The second-order valence-corrected chi connectivity index (χ2v) is 6.20. The van der Waals surface area contributed by atoms with Crippen LogP contribution >= 0.6 is 0 Å². The van der Waals surface area contributed by atoms with Gasteiger partial charge in [0.25, 0.3) is 0 Å². The highest BCUT2D eigenvalue weighted by atomic mass is 16.7. The van der Waals surface area contributed by atoms with Gasteiger partial charge in [-0.3, -0.25) is 0 Å². The molecule has 3 nitrogen and oxygen atoms in total. The Hall–Kier alpha value is -1.37. The molecule has 116 valence electrons. The van der Waals surface area contributed by atoms with E-state index in [1.807, 2.05) is 38.1 Å². The van der Waals surface area contributed by atoms with Crippen molar-refractivity contribution in [2.24, 2.45) is 5.41 Å². The lowest BCUT2D eigenvalue weighted by Gasteiger charge is -2.31. The van der Waals surface area contributed by atoms with Crippen LogP contribution in [0.3, 0.4) is 0 Å². The Balaban J connectivity index is 0.00000106. The highest BCUT2D eigenvalue weighted by Gasteiger charge is 2.39. The van der Waals surface area contributed by atoms with E-state index in [4.69, 9.17) is 14.7 Å².